The maximum atomic E-state index is 12.2. The first-order valence-corrected chi connectivity index (χ1v) is 7.77. The molecule has 1 unspecified atom stereocenters. The fraction of sp³-hybridized carbons (Fsp3) is 0.529. The Morgan fingerprint density at radius 2 is 1.90 bits per heavy atom. The van der Waals surface area contributed by atoms with E-state index in [4.69, 9.17) is 5.73 Å². The summed E-state index contributed by atoms with van der Waals surface area (Å²) in [4.78, 5) is 25.2. The van der Waals surface area contributed by atoms with Gasteiger partial charge in [-0.05, 0) is 36.0 Å². The van der Waals surface area contributed by atoms with Gasteiger partial charge in [-0.25, -0.2) is 0 Å². The third-order valence-corrected chi connectivity index (χ3v) is 4.93. The summed E-state index contributed by atoms with van der Waals surface area (Å²) >= 11 is 0. The van der Waals surface area contributed by atoms with Gasteiger partial charge in [-0.1, -0.05) is 31.4 Å². The van der Waals surface area contributed by atoms with Crippen LogP contribution in [0.4, 0.5) is 0 Å². The molecule has 0 aromatic heterocycles. The molecule has 2 aliphatic rings. The number of carbonyl (C=O) groups is 2. The van der Waals surface area contributed by atoms with Crippen LogP contribution < -0.4 is 5.73 Å². The molecule has 1 aromatic rings. The van der Waals surface area contributed by atoms with E-state index in [1.165, 1.54) is 37.0 Å². The highest BCUT2D eigenvalue weighted by Gasteiger charge is 2.29. The van der Waals surface area contributed by atoms with Gasteiger partial charge >= 0.3 is 0 Å². The molecule has 0 bridgehead atoms. The minimum atomic E-state index is -0.209. The smallest absolute Gasteiger partial charge is 0.260 e. The van der Waals surface area contributed by atoms with Crippen molar-refractivity contribution in [1.82, 2.24) is 4.90 Å². The van der Waals surface area contributed by atoms with Crippen molar-refractivity contribution in [2.75, 3.05) is 7.05 Å². The molecule has 0 radical (unpaired) electrons. The standard InChI is InChI=1S/C17H22N2O2/c1-19-15(20)10-12-7-8-13(9-14(12)17(19)21)16(18)11-5-3-2-4-6-11/h7-9,11,16H,2-6,10,18H2,1H3. The molecule has 1 aromatic carbocycles. The minimum absolute atomic E-state index is 0.00802. The van der Waals surface area contributed by atoms with Crippen molar-refractivity contribution in [1.29, 1.82) is 0 Å². The van der Waals surface area contributed by atoms with Crippen LogP contribution in [0, 0.1) is 5.92 Å². The second kappa shape index (κ2) is 5.60. The lowest BCUT2D eigenvalue weighted by Crippen LogP contribution is -2.39. The van der Waals surface area contributed by atoms with Gasteiger partial charge in [-0.15, -0.1) is 0 Å². The molecule has 0 spiro atoms. The van der Waals surface area contributed by atoms with Crippen LogP contribution in [0.2, 0.25) is 0 Å². The molecule has 1 aliphatic heterocycles. The van der Waals surface area contributed by atoms with Gasteiger partial charge in [-0.3, -0.25) is 14.5 Å². The Bertz CT molecular complexity index is 576. The van der Waals surface area contributed by atoms with E-state index >= 15 is 0 Å². The first-order valence-electron chi connectivity index (χ1n) is 7.77. The van der Waals surface area contributed by atoms with E-state index in [0.717, 1.165) is 11.1 Å². The average molecular weight is 286 g/mol. The van der Waals surface area contributed by atoms with Crippen molar-refractivity contribution in [3.63, 3.8) is 0 Å². The van der Waals surface area contributed by atoms with Gasteiger partial charge in [0.15, 0.2) is 0 Å². The van der Waals surface area contributed by atoms with E-state index in [1.807, 2.05) is 18.2 Å². The van der Waals surface area contributed by atoms with E-state index in [-0.39, 0.29) is 17.9 Å². The lowest BCUT2D eigenvalue weighted by atomic mass is 9.80. The molecule has 21 heavy (non-hydrogen) atoms. The minimum Gasteiger partial charge on any atom is -0.324 e. The van der Waals surface area contributed by atoms with Crippen LogP contribution in [-0.4, -0.2) is 23.8 Å². The van der Waals surface area contributed by atoms with E-state index in [0.29, 0.717) is 17.9 Å². The maximum Gasteiger partial charge on any atom is 0.260 e. The van der Waals surface area contributed by atoms with Crippen LogP contribution in [0.25, 0.3) is 0 Å². The number of rotatable bonds is 2. The van der Waals surface area contributed by atoms with Gasteiger partial charge in [0.2, 0.25) is 5.91 Å². The summed E-state index contributed by atoms with van der Waals surface area (Å²) in [5.74, 6) is 0.158. The Morgan fingerprint density at radius 1 is 1.19 bits per heavy atom. The molecule has 4 nitrogen and oxygen atoms in total. The number of amides is 2. The van der Waals surface area contributed by atoms with E-state index in [1.54, 1.807) is 7.05 Å². The zero-order valence-corrected chi connectivity index (χ0v) is 12.5. The van der Waals surface area contributed by atoms with Gasteiger partial charge in [0.1, 0.15) is 0 Å². The first kappa shape index (κ1) is 14.3. The summed E-state index contributed by atoms with van der Waals surface area (Å²) in [7, 11) is 1.54. The van der Waals surface area contributed by atoms with Crippen LogP contribution in [0.15, 0.2) is 18.2 Å². The van der Waals surface area contributed by atoms with Crippen molar-refractivity contribution < 1.29 is 9.59 Å². The summed E-state index contributed by atoms with van der Waals surface area (Å²) in [5, 5.41) is 0. The summed E-state index contributed by atoms with van der Waals surface area (Å²) in [6.45, 7) is 0. The molecule has 112 valence electrons. The summed E-state index contributed by atoms with van der Waals surface area (Å²) in [6, 6.07) is 5.78. The number of carbonyl (C=O) groups excluding carboxylic acids is 2. The van der Waals surface area contributed by atoms with Gasteiger partial charge < -0.3 is 5.73 Å². The zero-order valence-electron chi connectivity index (χ0n) is 12.5. The fourth-order valence-electron chi connectivity index (χ4n) is 3.50. The molecule has 1 heterocycles. The molecule has 1 aliphatic carbocycles. The van der Waals surface area contributed by atoms with E-state index in [9.17, 15) is 9.59 Å². The van der Waals surface area contributed by atoms with E-state index < -0.39 is 0 Å². The number of nitrogens with two attached hydrogens (primary N) is 1. The SMILES string of the molecule is CN1C(=O)Cc2ccc(C(N)C3CCCCC3)cc2C1=O. The maximum absolute atomic E-state index is 12.2. The Hall–Kier alpha value is -1.68. The summed E-state index contributed by atoms with van der Waals surface area (Å²) in [5.41, 5.74) is 8.90. The predicted molar refractivity (Wildman–Crippen MR) is 80.7 cm³/mol. The molecule has 1 saturated carbocycles. The Morgan fingerprint density at radius 3 is 2.62 bits per heavy atom. The third-order valence-electron chi connectivity index (χ3n) is 4.93. The van der Waals surface area contributed by atoms with Gasteiger partial charge in [0.05, 0.1) is 6.42 Å². The Kier molecular flexibility index (Phi) is 3.81. The molecule has 4 heteroatoms. The van der Waals surface area contributed by atoms with Crippen LogP contribution >= 0.6 is 0 Å². The van der Waals surface area contributed by atoms with Crippen LogP contribution in [-0.2, 0) is 11.2 Å². The second-order valence-electron chi connectivity index (χ2n) is 6.28. The Labute approximate surface area is 125 Å². The summed E-state index contributed by atoms with van der Waals surface area (Å²) in [6.07, 6.45) is 6.45. The molecular formula is C17H22N2O2. The van der Waals surface area contributed by atoms with Crippen LogP contribution in [0.5, 0.6) is 0 Å². The van der Waals surface area contributed by atoms with Crippen molar-refractivity contribution in [2.24, 2.45) is 11.7 Å². The first-order chi connectivity index (χ1) is 10.1. The topological polar surface area (TPSA) is 63.4 Å². The number of imide groups is 1. The highest BCUT2D eigenvalue weighted by molar-refractivity contribution is 6.09. The fourth-order valence-corrected chi connectivity index (χ4v) is 3.50. The number of hydrogen-bond acceptors (Lipinski definition) is 3. The van der Waals surface area contributed by atoms with Gasteiger partial charge in [0, 0.05) is 18.7 Å². The van der Waals surface area contributed by atoms with E-state index in [2.05, 4.69) is 0 Å². The van der Waals surface area contributed by atoms with Crippen molar-refractivity contribution in [2.45, 2.75) is 44.6 Å². The largest absolute Gasteiger partial charge is 0.324 e. The summed E-state index contributed by atoms with van der Waals surface area (Å²) < 4.78 is 0. The Balaban J connectivity index is 1.88. The van der Waals surface area contributed by atoms with Crippen LogP contribution in [0.3, 0.4) is 0 Å². The number of nitrogens with zero attached hydrogens (tertiary/aromatic N) is 1. The number of benzene rings is 1. The average Bonchev–Trinajstić information content (AvgIpc) is 2.53. The lowest BCUT2D eigenvalue weighted by Gasteiger charge is -2.29. The zero-order chi connectivity index (χ0) is 15.0. The highest BCUT2D eigenvalue weighted by atomic mass is 16.2. The van der Waals surface area contributed by atoms with Crippen molar-refractivity contribution in [3.05, 3.63) is 34.9 Å². The molecular weight excluding hydrogens is 264 g/mol. The number of fused-ring (bicyclic) bond motifs is 1. The lowest BCUT2D eigenvalue weighted by molar-refractivity contribution is -0.127. The normalized spacial score (nSPS) is 21.3. The monoisotopic (exact) mass is 286 g/mol. The van der Waals surface area contributed by atoms with Gasteiger partial charge in [-0.2, -0.15) is 0 Å². The molecule has 2 amide bonds. The second-order valence-corrected chi connectivity index (χ2v) is 6.28. The molecule has 1 fully saturated rings. The predicted octanol–water partition coefficient (Wildman–Crippen LogP) is 2.42. The van der Waals surface area contributed by atoms with Crippen LogP contribution in [0.1, 0.15) is 59.6 Å². The molecule has 2 N–H and O–H groups in total. The quantitative estimate of drug-likeness (QED) is 0.849. The number of likely N-dealkylation sites (N-methyl/N-ethyl adjacent to an activating group) is 1. The van der Waals surface area contributed by atoms with Gasteiger partial charge in [0.25, 0.3) is 5.91 Å². The third kappa shape index (κ3) is 2.60. The molecule has 0 saturated heterocycles. The molecule has 3 rings (SSSR count). The highest BCUT2D eigenvalue weighted by Crippen LogP contribution is 2.34. The molecule has 1 atom stereocenters. The number of hydrogen-bond donors (Lipinski definition) is 1. The van der Waals surface area contributed by atoms with Crippen molar-refractivity contribution in [3.8, 4) is 0 Å². The van der Waals surface area contributed by atoms with Crippen molar-refractivity contribution >= 4 is 11.8 Å².